The van der Waals surface area contributed by atoms with Crippen LogP contribution in [0, 0.1) is 13.8 Å². The second-order valence-electron chi connectivity index (χ2n) is 4.37. The molecule has 3 rings (SSSR count). The van der Waals surface area contributed by atoms with Gasteiger partial charge in [0.05, 0.1) is 15.9 Å². The first-order chi connectivity index (χ1) is 9.11. The minimum atomic E-state index is 0.618. The number of aromatic nitrogens is 2. The normalized spacial score (nSPS) is 11.1. The maximum Gasteiger partial charge on any atom is 0.195 e. The lowest BCUT2D eigenvalue weighted by Gasteiger charge is -2.02. The van der Waals surface area contributed by atoms with E-state index in [-0.39, 0.29) is 0 Å². The number of hydrogen-bond acceptors (Lipinski definition) is 3. The molecule has 2 heterocycles. The van der Waals surface area contributed by atoms with E-state index in [9.17, 15) is 4.79 Å². The second-order valence-corrected chi connectivity index (χ2v) is 6.24. The van der Waals surface area contributed by atoms with Gasteiger partial charge in [-0.3, -0.25) is 9.36 Å². The highest BCUT2D eigenvalue weighted by molar-refractivity contribution is 9.10. The zero-order chi connectivity index (χ0) is 13.6. The molecular weight excluding hydrogens is 324 g/mol. The van der Waals surface area contributed by atoms with Gasteiger partial charge >= 0.3 is 0 Å². The van der Waals surface area contributed by atoms with E-state index >= 15 is 0 Å². The van der Waals surface area contributed by atoms with Crippen LogP contribution in [0.25, 0.3) is 15.3 Å². The number of aryl methyl sites for hydroxylation is 1. The molecular formula is C14H11BrN2OS. The highest BCUT2D eigenvalue weighted by atomic mass is 79.9. The number of carbonyl (C=O) groups is 1. The first kappa shape index (κ1) is 12.6. The number of fused-ring (bicyclic) bond motifs is 1. The minimum Gasteiger partial charge on any atom is -0.296 e. The van der Waals surface area contributed by atoms with Crippen molar-refractivity contribution in [3.05, 3.63) is 45.7 Å². The average molecular weight is 335 g/mol. The number of benzene rings is 1. The highest BCUT2D eigenvalue weighted by Gasteiger charge is 2.13. The molecule has 96 valence electrons. The first-order valence-electron chi connectivity index (χ1n) is 5.81. The summed E-state index contributed by atoms with van der Waals surface area (Å²) in [5.74, 6) is 0. The zero-order valence-corrected chi connectivity index (χ0v) is 12.9. The molecule has 0 N–H and O–H groups in total. The number of rotatable bonds is 2. The summed E-state index contributed by atoms with van der Waals surface area (Å²) >= 11 is 5.15. The van der Waals surface area contributed by atoms with E-state index in [0.717, 1.165) is 26.1 Å². The van der Waals surface area contributed by atoms with Crippen molar-refractivity contribution >= 4 is 43.8 Å². The number of carbonyl (C=O) groups excluding carboxylic acids is 1. The van der Waals surface area contributed by atoms with E-state index in [1.54, 1.807) is 17.4 Å². The lowest BCUT2D eigenvalue weighted by Crippen LogP contribution is -1.96. The Labute approximate surface area is 123 Å². The van der Waals surface area contributed by atoms with Crippen molar-refractivity contribution in [1.29, 1.82) is 0 Å². The summed E-state index contributed by atoms with van der Waals surface area (Å²) in [5, 5.41) is 0.822. The van der Waals surface area contributed by atoms with Crippen molar-refractivity contribution in [3.8, 4) is 5.13 Å². The predicted molar refractivity (Wildman–Crippen MR) is 81.5 cm³/mol. The van der Waals surface area contributed by atoms with E-state index in [0.29, 0.717) is 5.69 Å². The van der Waals surface area contributed by atoms with Crippen LogP contribution in [-0.4, -0.2) is 15.8 Å². The van der Waals surface area contributed by atoms with E-state index in [4.69, 9.17) is 0 Å². The molecule has 3 nitrogen and oxygen atoms in total. The van der Waals surface area contributed by atoms with Crippen molar-refractivity contribution < 1.29 is 4.79 Å². The van der Waals surface area contributed by atoms with Gasteiger partial charge < -0.3 is 0 Å². The standard InChI is InChI=1S/C14H11BrN2OS/c1-8-9(2)13-12(6-11(8)15)19-14(16-13)17-5-3-4-10(17)7-18/h3-7H,1-2H3. The van der Waals surface area contributed by atoms with Gasteiger partial charge in [0, 0.05) is 10.7 Å². The van der Waals surface area contributed by atoms with Crippen LogP contribution >= 0.6 is 27.3 Å². The van der Waals surface area contributed by atoms with Gasteiger partial charge in [-0.1, -0.05) is 27.3 Å². The Hall–Kier alpha value is -1.46. The zero-order valence-electron chi connectivity index (χ0n) is 10.5. The van der Waals surface area contributed by atoms with E-state index in [1.165, 1.54) is 11.1 Å². The Kier molecular flexibility index (Phi) is 3.03. The third-order valence-electron chi connectivity index (χ3n) is 3.28. The molecule has 0 aliphatic heterocycles. The highest BCUT2D eigenvalue weighted by Crippen LogP contribution is 2.33. The summed E-state index contributed by atoms with van der Waals surface area (Å²) in [6.45, 7) is 4.15. The molecule has 0 unspecified atom stereocenters. The van der Waals surface area contributed by atoms with Gasteiger partial charge in [0.25, 0.3) is 0 Å². The van der Waals surface area contributed by atoms with Gasteiger partial charge in [0.15, 0.2) is 11.4 Å². The molecule has 0 radical (unpaired) electrons. The summed E-state index contributed by atoms with van der Waals surface area (Å²) in [6.07, 6.45) is 2.71. The van der Waals surface area contributed by atoms with Crippen molar-refractivity contribution in [2.45, 2.75) is 13.8 Å². The fraction of sp³-hybridized carbons (Fsp3) is 0.143. The number of hydrogen-bond donors (Lipinski definition) is 0. The fourth-order valence-electron chi connectivity index (χ4n) is 2.03. The fourth-order valence-corrected chi connectivity index (χ4v) is 3.78. The lowest BCUT2D eigenvalue weighted by molar-refractivity contribution is 0.111. The molecule has 19 heavy (non-hydrogen) atoms. The van der Waals surface area contributed by atoms with Crippen LogP contribution in [0.3, 0.4) is 0 Å². The van der Waals surface area contributed by atoms with Crippen LogP contribution in [0.1, 0.15) is 21.6 Å². The van der Waals surface area contributed by atoms with Crippen molar-refractivity contribution in [2.24, 2.45) is 0 Å². The molecule has 2 aromatic heterocycles. The molecule has 0 bridgehead atoms. The van der Waals surface area contributed by atoms with Crippen LogP contribution in [0.4, 0.5) is 0 Å². The number of thiazole rings is 1. The van der Waals surface area contributed by atoms with Crippen molar-refractivity contribution in [2.75, 3.05) is 0 Å². The molecule has 1 aromatic carbocycles. The molecule has 0 atom stereocenters. The summed E-state index contributed by atoms with van der Waals surface area (Å²) < 4.78 is 4.03. The van der Waals surface area contributed by atoms with Crippen LogP contribution in [0.2, 0.25) is 0 Å². The summed E-state index contributed by atoms with van der Waals surface area (Å²) in [5.41, 5.74) is 4.00. The van der Waals surface area contributed by atoms with Crippen molar-refractivity contribution in [1.82, 2.24) is 9.55 Å². The predicted octanol–water partition coefficient (Wildman–Crippen LogP) is 4.28. The third-order valence-corrected chi connectivity index (χ3v) is 5.11. The maximum absolute atomic E-state index is 11.0. The number of halogens is 1. The van der Waals surface area contributed by atoms with Gasteiger partial charge in [-0.25, -0.2) is 4.98 Å². The third kappa shape index (κ3) is 1.93. The smallest absolute Gasteiger partial charge is 0.195 e. The SMILES string of the molecule is Cc1c(Br)cc2sc(-n3cccc3C=O)nc2c1C. The van der Waals surface area contributed by atoms with Crippen LogP contribution < -0.4 is 0 Å². The summed E-state index contributed by atoms with van der Waals surface area (Å²) in [4.78, 5) is 15.7. The number of nitrogens with zero attached hydrogens (tertiary/aromatic N) is 2. The maximum atomic E-state index is 11.0. The second kappa shape index (κ2) is 4.58. The topological polar surface area (TPSA) is 34.9 Å². The molecule has 5 heteroatoms. The van der Waals surface area contributed by atoms with E-state index in [2.05, 4.69) is 40.8 Å². The largest absolute Gasteiger partial charge is 0.296 e. The molecule has 0 spiro atoms. The quantitative estimate of drug-likeness (QED) is 0.655. The summed E-state index contributed by atoms with van der Waals surface area (Å²) in [7, 11) is 0. The molecule has 3 aromatic rings. The molecule has 0 amide bonds. The van der Waals surface area contributed by atoms with E-state index < -0.39 is 0 Å². The first-order valence-corrected chi connectivity index (χ1v) is 7.42. The summed E-state index contributed by atoms with van der Waals surface area (Å²) in [6, 6.07) is 5.72. The Morgan fingerprint density at radius 3 is 2.89 bits per heavy atom. The molecule has 0 fully saturated rings. The molecule has 0 aliphatic rings. The number of aldehydes is 1. The Morgan fingerprint density at radius 2 is 2.16 bits per heavy atom. The van der Waals surface area contributed by atoms with Crippen LogP contribution in [0.5, 0.6) is 0 Å². The Morgan fingerprint density at radius 1 is 1.37 bits per heavy atom. The van der Waals surface area contributed by atoms with Gasteiger partial charge in [-0.05, 0) is 43.2 Å². The van der Waals surface area contributed by atoms with Gasteiger partial charge in [0.1, 0.15) is 0 Å². The van der Waals surface area contributed by atoms with Crippen molar-refractivity contribution in [3.63, 3.8) is 0 Å². The van der Waals surface area contributed by atoms with Gasteiger partial charge in [-0.2, -0.15) is 0 Å². The van der Waals surface area contributed by atoms with Crippen LogP contribution in [0.15, 0.2) is 28.9 Å². The average Bonchev–Trinajstić information content (AvgIpc) is 3.01. The van der Waals surface area contributed by atoms with Gasteiger partial charge in [0.2, 0.25) is 0 Å². The Balaban J connectivity index is 2.28. The Bertz CT molecular complexity index is 788. The molecule has 0 saturated heterocycles. The minimum absolute atomic E-state index is 0.618. The molecule has 0 saturated carbocycles. The molecule has 0 aliphatic carbocycles. The van der Waals surface area contributed by atoms with Crippen LogP contribution in [-0.2, 0) is 0 Å². The monoisotopic (exact) mass is 334 g/mol. The van der Waals surface area contributed by atoms with Gasteiger partial charge in [-0.15, -0.1) is 0 Å². The lowest BCUT2D eigenvalue weighted by atomic mass is 10.1. The van der Waals surface area contributed by atoms with E-state index in [1.807, 2.05) is 16.8 Å².